The van der Waals surface area contributed by atoms with Crippen molar-refractivity contribution in [2.45, 2.75) is 78.1 Å². The Labute approximate surface area is 204 Å². The van der Waals surface area contributed by atoms with Gasteiger partial charge in [-0.05, 0) is 59.9 Å². The molecule has 1 aromatic rings. The van der Waals surface area contributed by atoms with Gasteiger partial charge in [0, 0.05) is 83.1 Å². The number of rotatable bonds is 4. The number of piperazine rings is 2. The Morgan fingerprint density at radius 1 is 0.727 bits per heavy atom. The van der Waals surface area contributed by atoms with Crippen molar-refractivity contribution in [3.05, 3.63) is 35.9 Å². The molecule has 0 saturated carbocycles. The summed E-state index contributed by atoms with van der Waals surface area (Å²) in [7, 11) is 0. The zero-order chi connectivity index (χ0) is 23.9. The van der Waals surface area contributed by atoms with Crippen LogP contribution < -0.4 is 0 Å². The number of benzene rings is 1. The topological polar surface area (TPSA) is 22.2 Å². The molecule has 5 nitrogen and oxygen atoms in total. The fourth-order valence-electron chi connectivity index (χ4n) is 5.10. The van der Waals surface area contributed by atoms with Crippen LogP contribution in [0.25, 0.3) is 0 Å². The number of hydrogen-bond donors (Lipinski definition) is 0. The molecule has 0 aromatic heterocycles. The van der Waals surface area contributed by atoms with E-state index in [2.05, 4.69) is 91.5 Å². The largest absolute Gasteiger partial charge is 0.377 e. The van der Waals surface area contributed by atoms with E-state index in [9.17, 15) is 0 Å². The van der Waals surface area contributed by atoms with Crippen LogP contribution in [0.5, 0.6) is 0 Å². The lowest BCUT2D eigenvalue weighted by molar-refractivity contribution is 0.0262. The first-order chi connectivity index (χ1) is 15.6. The molecule has 3 fully saturated rings. The van der Waals surface area contributed by atoms with Crippen LogP contribution in [0.15, 0.2) is 30.3 Å². The quantitative estimate of drug-likeness (QED) is 0.673. The first-order valence-electron chi connectivity index (χ1n) is 13.2. The van der Waals surface area contributed by atoms with Gasteiger partial charge in [0.15, 0.2) is 0 Å². The second-order valence-electron chi connectivity index (χ2n) is 12.0. The first-order valence-corrected chi connectivity index (χ1v) is 13.2. The molecule has 1 unspecified atom stereocenters. The molecular formula is C28H50N4O. The van der Waals surface area contributed by atoms with Crippen molar-refractivity contribution < 1.29 is 4.74 Å². The SMILES string of the molecule is CC(C)(C)N1CCN(CC2CCCO2)CC1.CC(C)(C)N1CCN(Cc2ccccc2)CC1. The number of hydrogen-bond acceptors (Lipinski definition) is 5. The third-order valence-corrected chi connectivity index (χ3v) is 7.38. The van der Waals surface area contributed by atoms with Crippen molar-refractivity contribution in [3.8, 4) is 0 Å². The molecule has 3 saturated heterocycles. The van der Waals surface area contributed by atoms with Crippen LogP contribution in [0.3, 0.4) is 0 Å². The minimum absolute atomic E-state index is 0.318. The smallest absolute Gasteiger partial charge is 0.0702 e. The van der Waals surface area contributed by atoms with Crippen molar-refractivity contribution in [2.24, 2.45) is 0 Å². The van der Waals surface area contributed by atoms with Crippen LogP contribution in [-0.2, 0) is 11.3 Å². The highest BCUT2D eigenvalue weighted by atomic mass is 16.5. The molecule has 3 heterocycles. The Balaban J connectivity index is 0.000000186. The van der Waals surface area contributed by atoms with Crippen LogP contribution in [0.1, 0.15) is 59.9 Å². The van der Waals surface area contributed by atoms with Crippen LogP contribution in [0, 0.1) is 0 Å². The number of ether oxygens (including phenoxy) is 1. The van der Waals surface area contributed by atoms with Gasteiger partial charge in [0.2, 0.25) is 0 Å². The first kappa shape index (κ1) is 26.6. The predicted molar refractivity (Wildman–Crippen MR) is 140 cm³/mol. The van der Waals surface area contributed by atoms with Gasteiger partial charge in [-0.1, -0.05) is 30.3 Å². The van der Waals surface area contributed by atoms with E-state index in [0.717, 1.165) is 19.7 Å². The average molecular weight is 459 g/mol. The summed E-state index contributed by atoms with van der Waals surface area (Å²) in [6, 6.07) is 10.8. The summed E-state index contributed by atoms with van der Waals surface area (Å²) in [5.74, 6) is 0. The Hall–Kier alpha value is -0.980. The minimum atomic E-state index is 0.318. The van der Waals surface area contributed by atoms with E-state index in [1.807, 2.05) is 0 Å². The zero-order valence-electron chi connectivity index (χ0n) is 22.4. The van der Waals surface area contributed by atoms with E-state index < -0.39 is 0 Å². The molecule has 188 valence electrons. The molecule has 4 rings (SSSR count). The molecular weight excluding hydrogens is 408 g/mol. The maximum atomic E-state index is 5.69. The third-order valence-electron chi connectivity index (χ3n) is 7.38. The molecule has 0 radical (unpaired) electrons. The summed E-state index contributed by atoms with van der Waals surface area (Å²) in [6.07, 6.45) is 3.03. The number of nitrogens with zero attached hydrogens (tertiary/aromatic N) is 4. The second kappa shape index (κ2) is 12.1. The lowest BCUT2D eigenvalue weighted by Gasteiger charge is -2.42. The van der Waals surface area contributed by atoms with Crippen LogP contribution in [0.4, 0.5) is 0 Å². The van der Waals surface area contributed by atoms with E-state index in [-0.39, 0.29) is 0 Å². The fourth-order valence-corrected chi connectivity index (χ4v) is 5.10. The van der Waals surface area contributed by atoms with Crippen molar-refractivity contribution in [1.82, 2.24) is 19.6 Å². The summed E-state index contributed by atoms with van der Waals surface area (Å²) in [5, 5.41) is 0. The van der Waals surface area contributed by atoms with Gasteiger partial charge in [-0.3, -0.25) is 19.6 Å². The highest BCUT2D eigenvalue weighted by Crippen LogP contribution is 2.19. The predicted octanol–water partition coefficient (Wildman–Crippen LogP) is 4.18. The molecule has 0 N–H and O–H groups in total. The molecule has 3 aliphatic rings. The Morgan fingerprint density at radius 3 is 1.70 bits per heavy atom. The normalized spacial score (nSPS) is 24.5. The van der Waals surface area contributed by atoms with Gasteiger partial charge in [-0.15, -0.1) is 0 Å². The Bertz CT molecular complexity index is 659. The molecule has 1 atom stereocenters. The van der Waals surface area contributed by atoms with Gasteiger partial charge >= 0.3 is 0 Å². The molecule has 0 bridgehead atoms. The maximum Gasteiger partial charge on any atom is 0.0702 e. The third kappa shape index (κ3) is 8.95. The Morgan fingerprint density at radius 2 is 1.24 bits per heavy atom. The molecule has 5 heteroatoms. The zero-order valence-corrected chi connectivity index (χ0v) is 22.4. The standard InChI is InChI=1S/C15H24N2.C13H26N2O/c1-15(2,3)17-11-9-16(10-12-17)13-14-7-5-4-6-8-14;1-13(2,3)15-8-6-14(7-9-15)11-12-5-4-10-16-12/h4-8H,9-13H2,1-3H3;12H,4-11H2,1-3H3. The second-order valence-corrected chi connectivity index (χ2v) is 12.0. The van der Waals surface area contributed by atoms with Crippen LogP contribution >= 0.6 is 0 Å². The van der Waals surface area contributed by atoms with E-state index in [0.29, 0.717) is 17.2 Å². The Kier molecular flexibility index (Phi) is 9.78. The van der Waals surface area contributed by atoms with Gasteiger partial charge < -0.3 is 4.74 Å². The van der Waals surface area contributed by atoms with Crippen molar-refractivity contribution in [3.63, 3.8) is 0 Å². The summed E-state index contributed by atoms with van der Waals surface area (Å²) in [6.45, 7) is 26.6. The molecule has 0 aliphatic carbocycles. The van der Waals surface area contributed by atoms with Gasteiger partial charge in [-0.25, -0.2) is 0 Å². The fraction of sp³-hybridized carbons (Fsp3) is 0.786. The van der Waals surface area contributed by atoms with Crippen molar-refractivity contribution >= 4 is 0 Å². The maximum absolute atomic E-state index is 5.69. The highest BCUT2D eigenvalue weighted by Gasteiger charge is 2.28. The molecule has 3 aliphatic heterocycles. The molecule has 33 heavy (non-hydrogen) atoms. The minimum Gasteiger partial charge on any atom is -0.377 e. The lowest BCUT2D eigenvalue weighted by Crippen LogP contribution is -2.54. The van der Waals surface area contributed by atoms with Gasteiger partial charge in [0.1, 0.15) is 0 Å². The van der Waals surface area contributed by atoms with E-state index in [1.165, 1.54) is 70.8 Å². The molecule has 1 aromatic carbocycles. The molecule has 0 spiro atoms. The van der Waals surface area contributed by atoms with E-state index >= 15 is 0 Å². The van der Waals surface area contributed by atoms with E-state index in [4.69, 9.17) is 4.74 Å². The summed E-state index contributed by atoms with van der Waals surface area (Å²) in [5.41, 5.74) is 2.08. The highest BCUT2D eigenvalue weighted by molar-refractivity contribution is 5.14. The van der Waals surface area contributed by atoms with Crippen LogP contribution in [0.2, 0.25) is 0 Å². The van der Waals surface area contributed by atoms with Gasteiger partial charge in [0.05, 0.1) is 6.10 Å². The summed E-state index contributed by atoms with van der Waals surface area (Å²) >= 11 is 0. The summed E-state index contributed by atoms with van der Waals surface area (Å²) < 4.78 is 5.69. The lowest BCUT2D eigenvalue weighted by atomic mass is 10.0. The average Bonchev–Trinajstić information content (AvgIpc) is 3.28. The van der Waals surface area contributed by atoms with E-state index in [1.54, 1.807) is 0 Å². The molecule has 0 amide bonds. The van der Waals surface area contributed by atoms with Crippen molar-refractivity contribution in [1.29, 1.82) is 0 Å². The van der Waals surface area contributed by atoms with Gasteiger partial charge in [-0.2, -0.15) is 0 Å². The van der Waals surface area contributed by atoms with Crippen molar-refractivity contribution in [2.75, 3.05) is 65.5 Å². The van der Waals surface area contributed by atoms with Gasteiger partial charge in [0.25, 0.3) is 0 Å². The monoisotopic (exact) mass is 458 g/mol. The summed E-state index contributed by atoms with van der Waals surface area (Å²) in [4.78, 5) is 10.3. The van der Waals surface area contributed by atoms with Crippen LogP contribution in [-0.4, -0.2) is 102 Å².